The number of rotatable bonds is 9. The third-order valence-corrected chi connectivity index (χ3v) is 5.91. The van der Waals surface area contributed by atoms with Crippen LogP contribution < -0.4 is 9.47 Å². The van der Waals surface area contributed by atoms with Gasteiger partial charge in [-0.1, -0.05) is 51.1 Å². The van der Waals surface area contributed by atoms with E-state index < -0.39 is 23.7 Å². The van der Waals surface area contributed by atoms with Gasteiger partial charge in [0.15, 0.2) is 0 Å². The van der Waals surface area contributed by atoms with Crippen LogP contribution >= 0.6 is 11.8 Å². The Labute approximate surface area is 204 Å². The average Bonchev–Trinajstić information content (AvgIpc) is 3.05. The monoisotopic (exact) mass is 483 g/mol. The second-order valence-corrected chi connectivity index (χ2v) is 9.58. The molecule has 0 bridgehead atoms. The maximum atomic E-state index is 12.6. The van der Waals surface area contributed by atoms with Crippen LogP contribution in [0.4, 0.5) is 4.79 Å². The Morgan fingerprint density at radius 3 is 2.35 bits per heavy atom. The highest BCUT2D eigenvalue weighted by atomic mass is 32.2. The predicted molar refractivity (Wildman–Crippen MR) is 132 cm³/mol. The zero-order valence-electron chi connectivity index (χ0n) is 19.8. The second-order valence-electron chi connectivity index (χ2n) is 8.58. The molecule has 0 spiro atoms. The Morgan fingerprint density at radius 2 is 1.68 bits per heavy atom. The molecule has 0 radical (unpaired) electrons. The fourth-order valence-corrected chi connectivity index (χ4v) is 4.04. The van der Waals surface area contributed by atoms with Crippen molar-refractivity contribution in [1.29, 1.82) is 0 Å². The number of carbonyl (C=O) groups excluding carboxylic acids is 3. The van der Waals surface area contributed by atoms with Gasteiger partial charge < -0.3 is 14.2 Å². The molecule has 0 N–H and O–H groups in total. The molecule has 1 heterocycles. The quantitative estimate of drug-likeness (QED) is 0.281. The number of amides is 2. The van der Waals surface area contributed by atoms with E-state index in [1.165, 1.54) is 5.56 Å². The molecule has 0 aliphatic carbocycles. The summed E-state index contributed by atoms with van der Waals surface area (Å²) in [6.07, 6.45) is 1.59. The molecule has 2 aromatic rings. The number of thioether (sulfide) groups is 1. The minimum absolute atomic E-state index is 0.0826. The topological polar surface area (TPSA) is 82.1 Å². The van der Waals surface area contributed by atoms with Crippen molar-refractivity contribution in [3.05, 3.63) is 64.6 Å². The summed E-state index contributed by atoms with van der Waals surface area (Å²) in [6.45, 7) is 8.58. The number of hydrogen-bond donors (Lipinski definition) is 0. The highest BCUT2D eigenvalue weighted by molar-refractivity contribution is 8.18. The van der Waals surface area contributed by atoms with Crippen molar-refractivity contribution in [2.75, 3.05) is 26.4 Å². The van der Waals surface area contributed by atoms with Crippen LogP contribution in [0.15, 0.2) is 53.4 Å². The van der Waals surface area contributed by atoms with Gasteiger partial charge in [-0.2, -0.15) is 0 Å². The summed E-state index contributed by atoms with van der Waals surface area (Å²) < 4.78 is 16.5. The number of nitrogens with zero attached hydrogens (tertiary/aromatic N) is 1. The molecule has 8 heteroatoms. The van der Waals surface area contributed by atoms with Crippen molar-refractivity contribution in [3.8, 4) is 11.5 Å². The Balaban J connectivity index is 1.59. The highest BCUT2D eigenvalue weighted by Crippen LogP contribution is 2.34. The molecule has 1 aliphatic rings. The first kappa shape index (κ1) is 25.4. The largest absolute Gasteiger partial charge is 0.490 e. The van der Waals surface area contributed by atoms with Gasteiger partial charge in [0.2, 0.25) is 0 Å². The number of carbonyl (C=O) groups is 3. The number of benzene rings is 2. The van der Waals surface area contributed by atoms with E-state index in [4.69, 9.17) is 14.2 Å². The molecule has 0 aromatic heterocycles. The summed E-state index contributed by atoms with van der Waals surface area (Å²) in [4.78, 5) is 37.6. The van der Waals surface area contributed by atoms with Crippen molar-refractivity contribution in [2.45, 2.75) is 33.1 Å². The third kappa shape index (κ3) is 6.63. The Morgan fingerprint density at radius 1 is 1.00 bits per heavy atom. The molecule has 7 nitrogen and oxygen atoms in total. The maximum absolute atomic E-state index is 12.6. The van der Waals surface area contributed by atoms with E-state index in [2.05, 4.69) is 32.9 Å². The first-order chi connectivity index (χ1) is 16.2. The van der Waals surface area contributed by atoms with Gasteiger partial charge in [-0.3, -0.25) is 19.3 Å². The molecule has 1 fully saturated rings. The summed E-state index contributed by atoms with van der Waals surface area (Å²) >= 11 is 0.784. The smallest absolute Gasteiger partial charge is 0.326 e. The van der Waals surface area contributed by atoms with Gasteiger partial charge in [0.25, 0.3) is 11.1 Å². The van der Waals surface area contributed by atoms with E-state index in [1.54, 1.807) is 25.1 Å². The van der Waals surface area contributed by atoms with E-state index in [9.17, 15) is 14.4 Å². The van der Waals surface area contributed by atoms with Crippen LogP contribution in [0.25, 0.3) is 6.08 Å². The second kappa shape index (κ2) is 11.2. The molecular formula is C26H29NO6S. The summed E-state index contributed by atoms with van der Waals surface area (Å²) in [7, 11) is 0. The first-order valence-electron chi connectivity index (χ1n) is 11.0. The minimum atomic E-state index is -0.622. The lowest BCUT2D eigenvalue weighted by molar-refractivity contribution is -0.145. The van der Waals surface area contributed by atoms with Crippen molar-refractivity contribution < 1.29 is 28.6 Å². The van der Waals surface area contributed by atoms with Crippen molar-refractivity contribution in [1.82, 2.24) is 4.90 Å². The molecule has 1 saturated heterocycles. The number of esters is 1. The summed E-state index contributed by atoms with van der Waals surface area (Å²) in [5, 5.41) is -0.506. The number of imide groups is 1. The van der Waals surface area contributed by atoms with E-state index in [1.807, 2.05) is 24.3 Å². The lowest BCUT2D eigenvalue weighted by Gasteiger charge is -2.19. The maximum Gasteiger partial charge on any atom is 0.326 e. The highest BCUT2D eigenvalue weighted by Gasteiger charge is 2.36. The van der Waals surface area contributed by atoms with Crippen LogP contribution in [-0.2, 0) is 19.7 Å². The molecule has 34 heavy (non-hydrogen) atoms. The molecule has 1 aliphatic heterocycles. The first-order valence-corrected chi connectivity index (χ1v) is 11.9. The molecule has 2 amide bonds. The zero-order valence-corrected chi connectivity index (χ0v) is 20.6. The van der Waals surface area contributed by atoms with Gasteiger partial charge >= 0.3 is 5.97 Å². The molecule has 180 valence electrons. The van der Waals surface area contributed by atoms with Gasteiger partial charge in [0.05, 0.1) is 11.5 Å². The van der Waals surface area contributed by atoms with Crippen LogP contribution in [0.1, 0.15) is 38.8 Å². The number of hydrogen-bond acceptors (Lipinski definition) is 7. The standard InChI is InChI=1S/C26H29NO6S/c1-5-31-23(28)17-27-24(29)22(34-25(27)30)16-18-8-6-7-9-21(18)33-15-14-32-20-12-10-19(11-13-20)26(2,3)4/h6-13,16H,5,14-15,17H2,1-4H3/b22-16-. The molecule has 0 saturated carbocycles. The van der Waals surface area contributed by atoms with Gasteiger partial charge in [-0.25, -0.2) is 0 Å². The molecular weight excluding hydrogens is 454 g/mol. The van der Waals surface area contributed by atoms with E-state index in [0.29, 0.717) is 24.5 Å². The fraction of sp³-hybridized carbons (Fsp3) is 0.346. The summed E-state index contributed by atoms with van der Waals surface area (Å²) in [5.41, 5.74) is 1.97. The Bertz CT molecular complexity index is 1070. The van der Waals surface area contributed by atoms with Gasteiger partial charge in [-0.15, -0.1) is 0 Å². The van der Waals surface area contributed by atoms with Gasteiger partial charge in [-0.05, 0) is 53.9 Å². The third-order valence-electron chi connectivity index (χ3n) is 5.00. The zero-order chi connectivity index (χ0) is 24.7. The van der Waals surface area contributed by atoms with E-state index in [-0.39, 0.29) is 16.9 Å². The van der Waals surface area contributed by atoms with Gasteiger partial charge in [0.1, 0.15) is 31.3 Å². The normalized spacial score (nSPS) is 15.1. The van der Waals surface area contributed by atoms with Crippen LogP contribution in [0.2, 0.25) is 0 Å². The Hall–Kier alpha value is -3.26. The van der Waals surface area contributed by atoms with Gasteiger partial charge in [0, 0.05) is 5.56 Å². The van der Waals surface area contributed by atoms with Crippen LogP contribution in [0, 0.1) is 0 Å². The van der Waals surface area contributed by atoms with E-state index >= 15 is 0 Å². The Kier molecular flexibility index (Phi) is 8.39. The molecule has 3 rings (SSSR count). The van der Waals surface area contributed by atoms with Crippen LogP contribution in [0.3, 0.4) is 0 Å². The van der Waals surface area contributed by atoms with Crippen LogP contribution in [-0.4, -0.2) is 48.4 Å². The lowest BCUT2D eigenvalue weighted by atomic mass is 9.87. The van der Waals surface area contributed by atoms with Crippen molar-refractivity contribution in [3.63, 3.8) is 0 Å². The van der Waals surface area contributed by atoms with E-state index in [0.717, 1.165) is 22.4 Å². The SMILES string of the molecule is CCOC(=O)CN1C(=O)S/C(=C\c2ccccc2OCCOc2ccc(C(C)(C)C)cc2)C1=O. The summed E-state index contributed by atoms with van der Waals surface area (Å²) in [5.74, 6) is 0.175. The van der Waals surface area contributed by atoms with Crippen LogP contribution in [0.5, 0.6) is 11.5 Å². The summed E-state index contributed by atoms with van der Waals surface area (Å²) in [6, 6.07) is 15.2. The molecule has 0 atom stereocenters. The molecule has 2 aromatic carbocycles. The lowest BCUT2D eigenvalue weighted by Crippen LogP contribution is -2.34. The number of ether oxygens (including phenoxy) is 3. The predicted octanol–water partition coefficient (Wildman–Crippen LogP) is 5.04. The minimum Gasteiger partial charge on any atom is -0.490 e. The van der Waals surface area contributed by atoms with Crippen molar-refractivity contribution >= 4 is 35.0 Å². The van der Waals surface area contributed by atoms with Crippen molar-refractivity contribution in [2.24, 2.45) is 0 Å². The fourth-order valence-electron chi connectivity index (χ4n) is 3.21. The average molecular weight is 484 g/mol. The molecule has 0 unspecified atom stereocenters. The number of para-hydroxylation sites is 1.